The first-order valence-corrected chi connectivity index (χ1v) is 9.73. The number of halogens is 3. The van der Waals surface area contributed by atoms with Crippen LogP contribution in [0.25, 0.3) is 0 Å². The summed E-state index contributed by atoms with van der Waals surface area (Å²) in [7, 11) is 0. The first-order valence-electron chi connectivity index (χ1n) is 9.73. The van der Waals surface area contributed by atoms with E-state index in [1.807, 2.05) is 6.92 Å². The minimum Gasteiger partial charge on any atom is -0.381 e. The third-order valence-electron chi connectivity index (χ3n) is 4.95. The van der Waals surface area contributed by atoms with Crippen LogP contribution in [-0.2, 0) is 11.3 Å². The van der Waals surface area contributed by atoms with Crippen molar-refractivity contribution in [1.82, 2.24) is 10.6 Å². The lowest BCUT2D eigenvalue weighted by atomic mass is 10.1. The SMILES string of the molecule is CC(NC(=NCc1ccc([N+](=O)[O-])cc1)NCC1CCOC1)c1ccc(F)c(F)c1.I. The fourth-order valence-corrected chi connectivity index (χ4v) is 3.10. The minimum absolute atomic E-state index is 0. The molecule has 1 heterocycles. The molecule has 2 aromatic carbocycles. The molecule has 2 N–H and O–H groups in total. The number of hydrogen-bond donors (Lipinski definition) is 2. The van der Waals surface area contributed by atoms with Crippen LogP contribution >= 0.6 is 24.0 Å². The maximum atomic E-state index is 13.6. The molecule has 31 heavy (non-hydrogen) atoms. The van der Waals surface area contributed by atoms with Crippen LogP contribution in [0.4, 0.5) is 14.5 Å². The topological polar surface area (TPSA) is 88.8 Å². The Kier molecular flexibility index (Phi) is 9.56. The Bertz CT molecular complexity index is 906. The number of nitro benzene ring substituents is 1. The molecule has 1 aliphatic rings. The summed E-state index contributed by atoms with van der Waals surface area (Å²) in [6.07, 6.45) is 0.960. The lowest BCUT2D eigenvalue weighted by Crippen LogP contribution is -2.41. The zero-order valence-electron chi connectivity index (χ0n) is 17.0. The lowest BCUT2D eigenvalue weighted by Gasteiger charge is -2.20. The smallest absolute Gasteiger partial charge is 0.269 e. The van der Waals surface area contributed by atoms with Crippen molar-refractivity contribution in [3.63, 3.8) is 0 Å². The average Bonchev–Trinajstić information content (AvgIpc) is 3.26. The van der Waals surface area contributed by atoms with Gasteiger partial charge in [-0.25, -0.2) is 13.8 Å². The molecule has 168 valence electrons. The van der Waals surface area contributed by atoms with Crippen LogP contribution in [0, 0.1) is 27.7 Å². The average molecular weight is 546 g/mol. The number of guanidine groups is 1. The van der Waals surface area contributed by atoms with E-state index in [4.69, 9.17) is 4.74 Å². The van der Waals surface area contributed by atoms with Gasteiger partial charge in [-0.2, -0.15) is 0 Å². The summed E-state index contributed by atoms with van der Waals surface area (Å²) in [6, 6.07) is 9.64. The number of hydrogen-bond acceptors (Lipinski definition) is 4. The summed E-state index contributed by atoms with van der Waals surface area (Å²) in [5, 5.41) is 17.3. The number of rotatable bonds is 7. The monoisotopic (exact) mass is 546 g/mol. The van der Waals surface area contributed by atoms with E-state index in [0.29, 0.717) is 37.1 Å². The molecule has 0 spiro atoms. The van der Waals surface area contributed by atoms with Gasteiger partial charge in [0.2, 0.25) is 0 Å². The van der Waals surface area contributed by atoms with Crippen molar-refractivity contribution >= 4 is 35.6 Å². The van der Waals surface area contributed by atoms with Gasteiger partial charge < -0.3 is 15.4 Å². The zero-order valence-corrected chi connectivity index (χ0v) is 19.3. The summed E-state index contributed by atoms with van der Waals surface area (Å²) >= 11 is 0. The van der Waals surface area contributed by atoms with E-state index in [1.54, 1.807) is 12.1 Å². The highest BCUT2D eigenvalue weighted by Gasteiger charge is 2.17. The van der Waals surface area contributed by atoms with Gasteiger partial charge in [0.1, 0.15) is 0 Å². The van der Waals surface area contributed by atoms with E-state index in [9.17, 15) is 18.9 Å². The third kappa shape index (κ3) is 7.39. The fourth-order valence-electron chi connectivity index (χ4n) is 3.10. The molecular weight excluding hydrogens is 521 g/mol. The Balaban J connectivity index is 0.00000341. The van der Waals surface area contributed by atoms with Crippen molar-refractivity contribution in [3.8, 4) is 0 Å². The first kappa shape index (κ1) is 24.9. The van der Waals surface area contributed by atoms with Crippen molar-refractivity contribution in [2.24, 2.45) is 10.9 Å². The van der Waals surface area contributed by atoms with Gasteiger partial charge in [-0.1, -0.05) is 18.2 Å². The zero-order chi connectivity index (χ0) is 21.5. The summed E-state index contributed by atoms with van der Waals surface area (Å²) in [5.74, 6) is -0.911. The Morgan fingerprint density at radius 2 is 2.00 bits per heavy atom. The van der Waals surface area contributed by atoms with Gasteiger partial charge >= 0.3 is 0 Å². The molecule has 7 nitrogen and oxygen atoms in total. The van der Waals surface area contributed by atoms with Crippen LogP contribution in [0.5, 0.6) is 0 Å². The number of ether oxygens (including phenoxy) is 1. The van der Waals surface area contributed by atoms with E-state index < -0.39 is 16.6 Å². The predicted molar refractivity (Wildman–Crippen MR) is 124 cm³/mol. The Morgan fingerprint density at radius 3 is 2.61 bits per heavy atom. The molecule has 2 aromatic rings. The van der Waals surface area contributed by atoms with Crippen LogP contribution in [0.3, 0.4) is 0 Å². The molecule has 0 bridgehead atoms. The number of benzene rings is 2. The molecule has 2 atom stereocenters. The molecule has 0 saturated carbocycles. The predicted octanol–water partition coefficient (Wildman–Crippen LogP) is 4.32. The standard InChI is InChI=1S/C21H24F2N4O3.HI/c1-14(17-4-7-19(22)20(23)10-17)26-21(25-12-16-8-9-30-13-16)24-11-15-2-5-18(6-3-15)27(28)29;/h2-7,10,14,16H,8-9,11-13H2,1H3,(H2,24,25,26);1H. The molecule has 0 aromatic heterocycles. The van der Waals surface area contributed by atoms with Gasteiger partial charge in [-0.15, -0.1) is 24.0 Å². The van der Waals surface area contributed by atoms with Crippen molar-refractivity contribution in [3.05, 3.63) is 75.3 Å². The summed E-state index contributed by atoms with van der Waals surface area (Å²) in [5.41, 5.74) is 1.42. The molecule has 0 amide bonds. The number of nitrogens with zero attached hydrogens (tertiary/aromatic N) is 2. The second-order valence-corrected chi connectivity index (χ2v) is 7.24. The van der Waals surface area contributed by atoms with Crippen molar-refractivity contribution < 1.29 is 18.4 Å². The second kappa shape index (κ2) is 11.9. The maximum absolute atomic E-state index is 13.6. The molecule has 1 saturated heterocycles. The first-order chi connectivity index (χ1) is 14.4. The highest BCUT2D eigenvalue weighted by molar-refractivity contribution is 14.0. The molecule has 0 radical (unpaired) electrons. The summed E-state index contributed by atoms with van der Waals surface area (Å²) in [6.45, 7) is 4.21. The van der Waals surface area contributed by atoms with E-state index >= 15 is 0 Å². The van der Waals surface area contributed by atoms with Crippen molar-refractivity contribution in [2.75, 3.05) is 19.8 Å². The molecule has 1 aliphatic heterocycles. The molecule has 1 fully saturated rings. The Morgan fingerprint density at radius 1 is 1.26 bits per heavy atom. The van der Waals surface area contributed by atoms with Crippen LogP contribution in [-0.4, -0.2) is 30.6 Å². The molecular formula is C21H25F2IN4O3. The van der Waals surface area contributed by atoms with Crippen molar-refractivity contribution in [1.29, 1.82) is 0 Å². The largest absolute Gasteiger partial charge is 0.381 e. The van der Waals surface area contributed by atoms with Crippen LogP contribution in [0.1, 0.15) is 30.5 Å². The van der Waals surface area contributed by atoms with Crippen LogP contribution in [0.2, 0.25) is 0 Å². The van der Waals surface area contributed by atoms with E-state index in [2.05, 4.69) is 15.6 Å². The van der Waals surface area contributed by atoms with E-state index in [0.717, 1.165) is 30.7 Å². The Labute approximate surface area is 196 Å². The van der Waals surface area contributed by atoms with Crippen molar-refractivity contribution in [2.45, 2.75) is 25.9 Å². The van der Waals surface area contributed by atoms with Gasteiger partial charge in [-0.3, -0.25) is 10.1 Å². The van der Waals surface area contributed by atoms with Gasteiger partial charge in [0.25, 0.3) is 5.69 Å². The molecule has 3 rings (SSSR count). The lowest BCUT2D eigenvalue weighted by molar-refractivity contribution is -0.384. The van der Waals surface area contributed by atoms with E-state index in [-0.39, 0.29) is 35.7 Å². The number of non-ortho nitro benzene ring substituents is 1. The van der Waals surface area contributed by atoms with Gasteiger partial charge in [0, 0.05) is 31.2 Å². The number of nitrogens with one attached hydrogen (secondary N) is 2. The normalized spacial score (nSPS) is 17.0. The van der Waals surface area contributed by atoms with Crippen LogP contribution in [0.15, 0.2) is 47.5 Å². The van der Waals surface area contributed by atoms with Gasteiger partial charge in [0.15, 0.2) is 17.6 Å². The third-order valence-corrected chi connectivity index (χ3v) is 4.95. The second-order valence-electron chi connectivity index (χ2n) is 7.24. The van der Waals surface area contributed by atoms with E-state index in [1.165, 1.54) is 18.2 Å². The molecule has 0 aliphatic carbocycles. The number of nitro groups is 1. The van der Waals surface area contributed by atoms with Gasteiger partial charge in [0.05, 0.1) is 24.1 Å². The maximum Gasteiger partial charge on any atom is 0.269 e. The van der Waals surface area contributed by atoms with Gasteiger partial charge in [-0.05, 0) is 36.6 Å². The summed E-state index contributed by atoms with van der Waals surface area (Å²) < 4.78 is 32.2. The minimum atomic E-state index is -0.901. The fraction of sp³-hybridized carbons (Fsp3) is 0.381. The highest BCUT2D eigenvalue weighted by atomic mass is 127. The highest BCUT2D eigenvalue weighted by Crippen LogP contribution is 2.17. The van der Waals surface area contributed by atoms with Crippen LogP contribution < -0.4 is 10.6 Å². The molecule has 2 unspecified atom stereocenters. The Hall–Kier alpha value is -2.34. The quantitative estimate of drug-likeness (QED) is 0.178. The summed E-state index contributed by atoms with van der Waals surface area (Å²) in [4.78, 5) is 14.9. The number of aliphatic imine (C=N–C) groups is 1. The molecule has 10 heteroatoms.